The quantitative estimate of drug-likeness (QED) is 0.840. The molecule has 1 aliphatic carbocycles. The van der Waals surface area contributed by atoms with Crippen molar-refractivity contribution in [2.75, 3.05) is 20.5 Å². The fourth-order valence-electron chi connectivity index (χ4n) is 3.23. The molecule has 1 aromatic rings. The molecule has 21 heavy (non-hydrogen) atoms. The number of methoxy groups -OCH3 is 2. The second kappa shape index (κ2) is 6.60. The van der Waals surface area contributed by atoms with Gasteiger partial charge in [-0.1, -0.05) is 25.3 Å². The lowest BCUT2D eigenvalue weighted by molar-refractivity contribution is -0.145. The predicted molar refractivity (Wildman–Crippen MR) is 83.7 cm³/mol. The average molecular weight is 310 g/mol. The zero-order valence-electron chi connectivity index (χ0n) is 12.8. The van der Waals surface area contributed by atoms with E-state index in [0.717, 1.165) is 29.7 Å². The second-order valence-corrected chi connectivity index (χ2v) is 6.18. The lowest BCUT2D eigenvalue weighted by Gasteiger charge is -2.35. The summed E-state index contributed by atoms with van der Waals surface area (Å²) in [5, 5.41) is 9.85. The first-order chi connectivity index (χ1) is 10.1. The molecular formula is C16H22O4S. The summed E-state index contributed by atoms with van der Waals surface area (Å²) in [4.78, 5) is 13.0. The van der Waals surface area contributed by atoms with Gasteiger partial charge in [0, 0.05) is 5.56 Å². The van der Waals surface area contributed by atoms with Crippen LogP contribution < -0.4 is 9.47 Å². The van der Waals surface area contributed by atoms with Crippen LogP contribution >= 0.6 is 11.8 Å². The van der Waals surface area contributed by atoms with Gasteiger partial charge in [0.05, 0.1) is 24.5 Å². The van der Waals surface area contributed by atoms with E-state index < -0.39 is 11.4 Å². The van der Waals surface area contributed by atoms with Crippen LogP contribution in [0.15, 0.2) is 17.0 Å². The molecule has 1 aliphatic rings. The molecule has 1 aromatic carbocycles. The van der Waals surface area contributed by atoms with Gasteiger partial charge in [0.15, 0.2) is 11.5 Å². The van der Waals surface area contributed by atoms with Crippen LogP contribution in [0.25, 0.3) is 0 Å². The summed E-state index contributed by atoms with van der Waals surface area (Å²) in [7, 11) is 3.17. The first-order valence-electron chi connectivity index (χ1n) is 7.13. The number of hydrogen-bond acceptors (Lipinski definition) is 4. The van der Waals surface area contributed by atoms with Crippen molar-refractivity contribution in [3.8, 4) is 11.5 Å². The highest BCUT2D eigenvalue weighted by Crippen LogP contribution is 2.49. The van der Waals surface area contributed by atoms with Gasteiger partial charge in [-0.15, -0.1) is 11.8 Å². The summed E-state index contributed by atoms with van der Waals surface area (Å²) in [5.74, 6) is 0.432. The lowest BCUT2D eigenvalue weighted by Crippen LogP contribution is -2.38. The minimum absolute atomic E-state index is 0.564. The van der Waals surface area contributed by atoms with E-state index in [1.165, 1.54) is 0 Å². The van der Waals surface area contributed by atoms with Crippen molar-refractivity contribution in [3.63, 3.8) is 0 Å². The number of aliphatic carboxylic acids is 1. The first kappa shape index (κ1) is 16.0. The van der Waals surface area contributed by atoms with Crippen molar-refractivity contribution in [1.29, 1.82) is 0 Å². The number of rotatable bonds is 5. The highest BCUT2D eigenvalue weighted by molar-refractivity contribution is 7.98. The third kappa shape index (κ3) is 2.71. The van der Waals surface area contributed by atoms with Crippen LogP contribution in [-0.2, 0) is 10.2 Å². The Kier molecular flexibility index (Phi) is 5.04. The smallest absolute Gasteiger partial charge is 0.314 e. The number of carboxylic acids is 1. The second-order valence-electron chi connectivity index (χ2n) is 5.33. The highest BCUT2D eigenvalue weighted by atomic mass is 32.2. The Morgan fingerprint density at radius 2 is 1.76 bits per heavy atom. The van der Waals surface area contributed by atoms with Gasteiger partial charge in [0.25, 0.3) is 0 Å². The molecule has 0 unspecified atom stereocenters. The van der Waals surface area contributed by atoms with Gasteiger partial charge in [-0.3, -0.25) is 4.79 Å². The maximum absolute atomic E-state index is 12.0. The third-order valence-electron chi connectivity index (χ3n) is 4.34. The lowest BCUT2D eigenvalue weighted by atomic mass is 9.69. The van der Waals surface area contributed by atoms with Crippen molar-refractivity contribution >= 4 is 17.7 Å². The molecule has 4 nitrogen and oxygen atoms in total. The number of ether oxygens (including phenoxy) is 2. The molecule has 0 amide bonds. The summed E-state index contributed by atoms with van der Waals surface area (Å²) in [6.07, 6.45) is 6.23. The van der Waals surface area contributed by atoms with E-state index in [-0.39, 0.29) is 0 Å². The summed E-state index contributed by atoms with van der Waals surface area (Å²) in [5.41, 5.74) is -0.111. The summed E-state index contributed by atoms with van der Waals surface area (Å²) < 4.78 is 11.0. The maximum atomic E-state index is 12.0. The topological polar surface area (TPSA) is 55.8 Å². The molecule has 1 fully saturated rings. The van der Waals surface area contributed by atoms with Crippen molar-refractivity contribution in [3.05, 3.63) is 17.7 Å². The molecule has 1 N–H and O–H groups in total. The Balaban J connectivity index is 2.63. The molecule has 2 rings (SSSR count). The van der Waals surface area contributed by atoms with E-state index in [1.807, 2.05) is 18.4 Å². The van der Waals surface area contributed by atoms with Crippen LogP contribution in [0.2, 0.25) is 0 Å². The minimum atomic E-state index is -0.853. The van der Waals surface area contributed by atoms with E-state index >= 15 is 0 Å². The van der Waals surface area contributed by atoms with Crippen molar-refractivity contribution < 1.29 is 19.4 Å². The molecule has 0 heterocycles. The normalized spacial score (nSPS) is 17.3. The summed E-state index contributed by atoms with van der Waals surface area (Å²) in [6, 6.07) is 3.83. The van der Waals surface area contributed by atoms with Gasteiger partial charge in [-0.2, -0.15) is 0 Å². The van der Waals surface area contributed by atoms with Crippen LogP contribution in [-0.4, -0.2) is 31.6 Å². The van der Waals surface area contributed by atoms with E-state index in [0.29, 0.717) is 24.3 Å². The number of carbonyl (C=O) groups is 1. The fourth-order valence-corrected chi connectivity index (χ4v) is 3.80. The number of hydrogen-bond donors (Lipinski definition) is 1. The number of benzene rings is 1. The molecule has 5 heteroatoms. The van der Waals surface area contributed by atoms with E-state index in [9.17, 15) is 9.90 Å². The average Bonchev–Trinajstić information content (AvgIpc) is 2.53. The Labute approximate surface area is 129 Å². The standard InChI is InChI=1S/C16H22O4S/c1-19-13-11(7-8-12(21-3)14(13)20-2)16(15(17)18)9-5-4-6-10-16/h7-8H,4-6,9-10H2,1-3H3,(H,17,18). The van der Waals surface area contributed by atoms with Gasteiger partial charge in [0.2, 0.25) is 0 Å². The molecule has 1 saturated carbocycles. The van der Waals surface area contributed by atoms with Crippen LogP contribution in [0, 0.1) is 0 Å². The van der Waals surface area contributed by atoms with Gasteiger partial charge in [-0.25, -0.2) is 0 Å². The Morgan fingerprint density at radius 1 is 1.14 bits per heavy atom. The Bertz CT molecular complexity index is 521. The van der Waals surface area contributed by atoms with E-state index in [1.54, 1.807) is 26.0 Å². The first-order valence-corrected chi connectivity index (χ1v) is 8.36. The molecule has 0 atom stereocenters. The molecule has 0 radical (unpaired) electrons. The number of carboxylic acid groups (broad SMARTS) is 1. The van der Waals surface area contributed by atoms with Gasteiger partial charge in [0.1, 0.15) is 0 Å². The van der Waals surface area contributed by atoms with E-state index in [2.05, 4.69) is 0 Å². The molecule has 0 spiro atoms. The van der Waals surface area contributed by atoms with Gasteiger partial charge < -0.3 is 14.6 Å². The largest absolute Gasteiger partial charge is 0.492 e. The van der Waals surface area contributed by atoms with Crippen LogP contribution in [0.3, 0.4) is 0 Å². The molecule has 0 bridgehead atoms. The molecule has 116 valence electrons. The maximum Gasteiger partial charge on any atom is 0.314 e. The molecular weight excluding hydrogens is 288 g/mol. The summed E-state index contributed by atoms with van der Waals surface area (Å²) in [6.45, 7) is 0. The summed E-state index contributed by atoms with van der Waals surface area (Å²) >= 11 is 1.56. The third-order valence-corrected chi connectivity index (χ3v) is 5.10. The molecule has 0 aromatic heterocycles. The predicted octanol–water partition coefficient (Wildman–Crippen LogP) is 3.71. The van der Waals surface area contributed by atoms with Crippen LogP contribution in [0.5, 0.6) is 11.5 Å². The van der Waals surface area contributed by atoms with Crippen LogP contribution in [0.4, 0.5) is 0 Å². The van der Waals surface area contributed by atoms with E-state index in [4.69, 9.17) is 9.47 Å². The zero-order valence-corrected chi connectivity index (χ0v) is 13.6. The molecule has 0 aliphatic heterocycles. The van der Waals surface area contributed by atoms with Gasteiger partial charge in [-0.05, 0) is 25.2 Å². The van der Waals surface area contributed by atoms with Gasteiger partial charge >= 0.3 is 5.97 Å². The Hall–Kier alpha value is -1.36. The number of thioether (sulfide) groups is 1. The Morgan fingerprint density at radius 3 is 2.24 bits per heavy atom. The monoisotopic (exact) mass is 310 g/mol. The van der Waals surface area contributed by atoms with Crippen molar-refractivity contribution in [2.24, 2.45) is 0 Å². The SMILES string of the molecule is COc1c(SC)ccc(C2(C(=O)O)CCCCC2)c1OC. The van der Waals surface area contributed by atoms with Crippen LogP contribution in [0.1, 0.15) is 37.7 Å². The van der Waals surface area contributed by atoms with Crippen molar-refractivity contribution in [2.45, 2.75) is 42.4 Å². The fraction of sp³-hybridized carbons (Fsp3) is 0.562. The molecule has 0 saturated heterocycles. The minimum Gasteiger partial charge on any atom is -0.492 e. The zero-order chi connectivity index (χ0) is 15.5. The highest BCUT2D eigenvalue weighted by Gasteiger charge is 2.44. The van der Waals surface area contributed by atoms with Crippen molar-refractivity contribution in [1.82, 2.24) is 0 Å².